The number of hydrogen-bond acceptors (Lipinski definition) is 3. The Bertz CT molecular complexity index is 503. The van der Waals surface area contributed by atoms with E-state index >= 15 is 0 Å². The fourth-order valence-electron chi connectivity index (χ4n) is 2.10. The summed E-state index contributed by atoms with van der Waals surface area (Å²) in [6.45, 7) is 6.25. The third kappa shape index (κ3) is 3.43. The first-order valence-corrected chi connectivity index (χ1v) is 8.83. The number of piperazine rings is 1. The molecule has 2 amide bonds. The summed E-state index contributed by atoms with van der Waals surface area (Å²) in [6, 6.07) is 1.84. The Balaban J connectivity index is 1.97. The Kier molecular flexibility index (Phi) is 5.25. The van der Waals surface area contributed by atoms with Crippen LogP contribution >= 0.6 is 43.2 Å². The maximum Gasteiger partial charge on any atom is 0.264 e. The van der Waals surface area contributed by atoms with E-state index in [0.29, 0.717) is 31.1 Å². The Morgan fingerprint density at radius 3 is 2.15 bits per heavy atom. The van der Waals surface area contributed by atoms with Crippen LogP contribution in [0.3, 0.4) is 0 Å². The second-order valence-electron chi connectivity index (χ2n) is 5.00. The van der Waals surface area contributed by atoms with Crippen molar-refractivity contribution in [3.05, 3.63) is 19.2 Å². The molecule has 0 bridgehead atoms. The number of carbonyl (C=O) groups excluding carboxylic acids is 2. The van der Waals surface area contributed by atoms with Gasteiger partial charge in [-0.25, -0.2) is 0 Å². The van der Waals surface area contributed by atoms with Crippen LogP contribution in [0.15, 0.2) is 14.3 Å². The number of halogens is 2. The van der Waals surface area contributed by atoms with Gasteiger partial charge in [0.2, 0.25) is 5.91 Å². The second kappa shape index (κ2) is 6.58. The van der Waals surface area contributed by atoms with E-state index in [1.807, 2.05) is 29.7 Å². The minimum absolute atomic E-state index is 0.0152. The predicted octanol–water partition coefficient (Wildman–Crippen LogP) is 3.21. The highest BCUT2D eigenvalue weighted by atomic mass is 79.9. The van der Waals surface area contributed by atoms with Crippen molar-refractivity contribution in [2.24, 2.45) is 5.92 Å². The molecule has 0 aromatic carbocycles. The number of nitrogens with zero attached hydrogens (tertiary/aromatic N) is 2. The molecule has 1 aliphatic rings. The van der Waals surface area contributed by atoms with Crippen molar-refractivity contribution in [1.82, 2.24) is 9.80 Å². The molecule has 0 N–H and O–H groups in total. The van der Waals surface area contributed by atoms with E-state index in [-0.39, 0.29) is 17.7 Å². The molecule has 1 saturated heterocycles. The molecule has 20 heavy (non-hydrogen) atoms. The number of thiophene rings is 1. The van der Waals surface area contributed by atoms with Crippen molar-refractivity contribution in [1.29, 1.82) is 0 Å². The van der Waals surface area contributed by atoms with Crippen molar-refractivity contribution in [2.75, 3.05) is 26.2 Å². The zero-order valence-electron chi connectivity index (χ0n) is 11.4. The number of carbonyl (C=O) groups is 2. The van der Waals surface area contributed by atoms with Crippen LogP contribution in [0.2, 0.25) is 0 Å². The topological polar surface area (TPSA) is 40.6 Å². The Labute approximate surface area is 139 Å². The molecule has 2 heterocycles. The number of amides is 2. The van der Waals surface area contributed by atoms with Gasteiger partial charge < -0.3 is 9.80 Å². The minimum Gasteiger partial charge on any atom is -0.339 e. The Hall–Kier alpha value is -0.400. The van der Waals surface area contributed by atoms with Crippen LogP contribution in [0.25, 0.3) is 0 Å². The van der Waals surface area contributed by atoms with Crippen LogP contribution in [0.5, 0.6) is 0 Å². The van der Waals surface area contributed by atoms with Crippen LogP contribution < -0.4 is 0 Å². The molecule has 7 heteroatoms. The van der Waals surface area contributed by atoms with Gasteiger partial charge in [-0.15, -0.1) is 11.3 Å². The van der Waals surface area contributed by atoms with Crippen LogP contribution in [0, 0.1) is 5.92 Å². The van der Waals surface area contributed by atoms with Crippen molar-refractivity contribution >= 4 is 55.0 Å². The van der Waals surface area contributed by atoms with Gasteiger partial charge in [-0.05, 0) is 37.9 Å². The lowest BCUT2D eigenvalue weighted by molar-refractivity contribution is -0.135. The molecular formula is C13H16Br2N2O2S. The minimum atomic E-state index is 0.0152. The van der Waals surface area contributed by atoms with E-state index < -0.39 is 0 Å². The molecule has 1 aromatic heterocycles. The predicted molar refractivity (Wildman–Crippen MR) is 87.0 cm³/mol. The average molecular weight is 424 g/mol. The molecule has 2 rings (SSSR count). The molecule has 0 unspecified atom stereocenters. The molecule has 1 fully saturated rings. The smallest absolute Gasteiger partial charge is 0.264 e. The van der Waals surface area contributed by atoms with Gasteiger partial charge in [-0.2, -0.15) is 0 Å². The molecule has 4 nitrogen and oxygen atoms in total. The SMILES string of the molecule is CC(C)C(=O)N1CCN(C(=O)c2cc(Br)c(Br)s2)CC1. The molecule has 1 aromatic rings. The first kappa shape index (κ1) is 16.0. The second-order valence-corrected chi connectivity index (χ2v) is 8.23. The maximum absolute atomic E-state index is 12.4. The van der Waals surface area contributed by atoms with Gasteiger partial charge in [0.15, 0.2) is 0 Å². The van der Waals surface area contributed by atoms with Crippen molar-refractivity contribution in [3.63, 3.8) is 0 Å². The van der Waals surface area contributed by atoms with E-state index in [1.165, 1.54) is 11.3 Å². The van der Waals surface area contributed by atoms with Crippen LogP contribution in [0.4, 0.5) is 0 Å². The van der Waals surface area contributed by atoms with Crippen molar-refractivity contribution in [2.45, 2.75) is 13.8 Å². The average Bonchev–Trinajstić information content (AvgIpc) is 2.77. The highest BCUT2D eigenvalue weighted by molar-refractivity contribution is 9.13. The van der Waals surface area contributed by atoms with Crippen LogP contribution in [-0.4, -0.2) is 47.8 Å². The highest BCUT2D eigenvalue weighted by Gasteiger charge is 2.26. The van der Waals surface area contributed by atoms with Gasteiger partial charge in [0.05, 0.1) is 8.66 Å². The van der Waals surface area contributed by atoms with Gasteiger partial charge in [-0.1, -0.05) is 13.8 Å². The largest absolute Gasteiger partial charge is 0.339 e. The van der Waals surface area contributed by atoms with Gasteiger partial charge in [0, 0.05) is 36.6 Å². The quantitative estimate of drug-likeness (QED) is 0.732. The standard InChI is InChI=1S/C13H16Br2N2O2S/c1-8(2)12(18)16-3-5-17(6-4-16)13(19)10-7-9(14)11(15)20-10/h7-8H,3-6H2,1-2H3. The molecule has 1 aliphatic heterocycles. The molecule has 0 radical (unpaired) electrons. The van der Waals surface area contributed by atoms with E-state index in [0.717, 1.165) is 8.26 Å². The fourth-order valence-corrected chi connectivity index (χ4v) is 4.11. The molecule has 0 spiro atoms. The zero-order chi connectivity index (χ0) is 14.9. The highest BCUT2D eigenvalue weighted by Crippen LogP contribution is 2.33. The fraction of sp³-hybridized carbons (Fsp3) is 0.538. The molecule has 110 valence electrons. The number of rotatable bonds is 2. The maximum atomic E-state index is 12.4. The van der Waals surface area contributed by atoms with E-state index in [4.69, 9.17) is 0 Å². The summed E-state index contributed by atoms with van der Waals surface area (Å²) < 4.78 is 1.83. The van der Waals surface area contributed by atoms with Gasteiger partial charge >= 0.3 is 0 Å². The summed E-state index contributed by atoms with van der Waals surface area (Å²) in [5, 5.41) is 0. The monoisotopic (exact) mass is 422 g/mol. The summed E-state index contributed by atoms with van der Waals surface area (Å²) in [4.78, 5) is 28.6. The lowest BCUT2D eigenvalue weighted by Gasteiger charge is -2.35. The normalized spacial score (nSPS) is 15.8. The van der Waals surface area contributed by atoms with Crippen molar-refractivity contribution in [3.8, 4) is 0 Å². The van der Waals surface area contributed by atoms with E-state index in [1.54, 1.807) is 0 Å². The Morgan fingerprint density at radius 2 is 1.70 bits per heavy atom. The van der Waals surface area contributed by atoms with E-state index in [9.17, 15) is 9.59 Å². The summed E-state index contributed by atoms with van der Waals surface area (Å²) in [5.41, 5.74) is 0. The lowest BCUT2D eigenvalue weighted by Crippen LogP contribution is -2.51. The lowest BCUT2D eigenvalue weighted by atomic mass is 10.1. The van der Waals surface area contributed by atoms with Crippen LogP contribution in [0.1, 0.15) is 23.5 Å². The van der Waals surface area contributed by atoms with Crippen molar-refractivity contribution < 1.29 is 9.59 Å². The Morgan fingerprint density at radius 1 is 1.15 bits per heavy atom. The van der Waals surface area contributed by atoms with Crippen LogP contribution in [-0.2, 0) is 4.79 Å². The van der Waals surface area contributed by atoms with E-state index in [2.05, 4.69) is 31.9 Å². The first-order chi connectivity index (χ1) is 9.40. The summed E-state index contributed by atoms with van der Waals surface area (Å²) in [6.07, 6.45) is 0. The third-order valence-electron chi connectivity index (χ3n) is 3.23. The molecule has 0 saturated carbocycles. The molecule has 0 atom stereocenters. The summed E-state index contributed by atoms with van der Waals surface area (Å²) in [5.74, 6) is 0.221. The van der Waals surface area contributed by atoms with Gasteiger partial charge in [0.1, 0.15) is 0 Å². The van der Waals surface area contributed by atoms with Gasteiger partial charge in [-0.3, -0.25) is 9.59 Å². The van der Waals surface area contributed by atoms with Gasteiger partial charge in [0.25, 0.3) is 5.91 Å². The first-order valence-electron chi connectivity index (χ1n) is 6.43. The summed E-state index contributed by atoms with van der Waals surface area (Å²) in [7, 11) is 0. The zero-order valence-corrected chi connectivity index (χ0v) is 15.3. The summed E-state index contributed by atoms with van der Waals surface area (Å²) >= 11 is 8.22. The molecule has 0 aliphatic carbocycles. The number of hydrogen-bond donors (Lipinski definition) is 0. The molecular weight excluding hydrogens is 408 g/mol. The third-order valence-corrected chi connectivity index (χ3v) is 6.47.